The minimum atomic E-state index is 0.0570. The third-order valence-electron chi connectivity index (χ3n) is 4.48. The highest BCUT2D eigenvalue weighted by Gasteiger charge is 2.22. The molecular formula is C15H28N4O2. The molecule has 2 fully saturated rings. The van der Waals surface area contributed by atoms with Crippen molar-refractivity contribution in [3.8, 4) is 0 Å². The highest BCUT2D eigenvalue weighted by Crippen LogP contribution is 2.12. The average Bonchev–Trinajstić information content (AvgIpc) is 3.00. The summed E-state index contributed by atoms with van der Waals surface area (Å²) in [5.41, 5.74) is 0. The van der Waals surface area contributed by atoms with Crippen molar-refractivity contribution < 1.29 is 9.59 Å². The Morgan fingerprint density at radius 2 is 1.95 bits per heavy atom. The van der Waals surface area contributed by atoms with E-state index in [0.29, 0.717) is 19.0 Å². The first-order valence-electron chi connectivity index (χ1n) is 8.13. The van der Waals surface area contributed by atoms with Crippen molar-refractivity contribution in [1.82, 2.24) is 20.9 Å². The molecular weight excluding hydrogens is 268 g/mol. The number of likely N-dealkylation sites (tertiary alicyclic amines) is 1. The van der Waals surface area contributed by atoms with Crippen molar-refractivity contribution in [1.29, 1.82) is 0 Å². The molecule has 2 rings (SSSR count). The molecule has 2 saturated heterocycles. The molecule has 1 unspecified atom stereocenters. The van der Waals surface area contributed by atoms with Gasteiger partial charge in [0, 0.05) is 38.6 Å². The third-order valence-corrected chi connectivity index (χ3v) is 4.48. The van der Waals surface area contributed by atoms with Gasteiger partial charge in [0.25, 0.3) is 0 Å². The second-order valence-corrected chi connectivity index (χ2v) is 6.12. The summed E-state index contributed by atoms with van der Waals surface area (Å²) in [5, 5.41) is 9.20. The highest BCUT2D eigenvalue weighted by atomic mass is 16.2. The first kappa shape index (κ1) is 16.2. The second-order valence-electron chi connectivity index (χ2n) is 6.12. The van der Waals surface area contributed by atoms with Gasteiger partial charge in [0.15, 0.2) is 0 Å². The monoisotopic (exact) mass is 296 g/mol. The molecule has 1 atom stereocenters. The lowest BCUT2D eigenvalue weighted by atomic mass is 10.0. The molecule has 2 aliphatic heterocycles. The number of rotatable bonds is 6. The number of nitrogens with one attached hydrogen (secondary N) is 3. The van der Waals surface area contributed by atoms with E-state index >= 15 is 0 Å². The zero-order valence-corrected chi connectivity index (χ0v) is 13.0. The first-order chi connectivity index (χ1) is 10.2. The second kappa shape index (κ2) is 8.34. The summed E-state index contributed by atoms with van der Waals surface area (Å²) in [6.07, 6.45) is 5.87. The van der Waals surface area contributed by atoms with Crippen molar-refractivity contribution in [3.05, 3.63) is 0 Å². The van der Waals surface area contributed by atoms with E-state index in [9.17, 15) is 9.59 Å². The number of hydrogen-bond donors (Lipinski definition) is 3. The van der Waals surface area contributed by atoms with Crippen molar-refractivity contribution in [2.45, 2.75) is 50.6 Å². The Hall–Kier alpha value is -1.14. The van der Waals surface area contributed by atoms with Gasteiger partial charge < -0.3 is 16.0 Å². The van der Waals surface area contributed by atoms with Gasteiger partial charge in [-0.1, -0.05) is 0 Å². The van der Waals surface area contributed by atoms with E-state index in [1.165, 1.54) is 12.8 Å². The largest absolute Gasteiger partial charge is 0.358 e. The molecule has 0 radical (unpaired) electrons. The minimum Gasteiger partial charge on any atom is -0.358 e. The molecule has 2 aliphatic rings. The Morgan fingerprint density at radius 1 is 1.19 bits per heavy atom. The summed E-state index contributed by atoms with van der Waals surface area (Å²) in [6, 6.07) is 0.806. The Morgan fingerprint density at radius 3 is 2.57 bits per heavy atom. The van der Waals surface area contributed by atoms with Gasteiger partial charge in [0.05, 0.1) is 6.54 Å². The summed E-state index contributed by atoms with van der Waals surface area (Å²) in [7, 11) is 1.66. The highest BCUT2D eigenvalue weighted by molar-refractivity contribution is 5.77. The molecule has 0 aliphatic carbocycles. The van der Waals surface area contributed by atoms with E-state index in [-0.39, 0.29) is 17.9 Å². The third kappa shape index (κ3) is 5.63. The van der Waals surface area contributed by atoms with Crippen LogP contribution in [-0.4, -0.2) is 62.0 Å². The number of hydrogen-bond acceptors (Lipinski definition) is 4. The molecule has 0 spiro atoms. The van der Waals surface area contributed by atoms with Crippen LogP contribution in [-0.2, 0) is 9.59 Å². The van der Waals surface area contributed by atoms with Gasteiger partial charge in [0.2, 0.25) is 11.8 Å². The molecule has 0 bridgehead atoms. The van der Waals surface area contributed by atoms with Crippen LogP contribution in [0.3, 0.4) is 0 Å². The standard InChI is InChI=1S/C15H28N4O2/c1-16-15(21)11-19-9-6-13(7-10-19)18-14(20)5-4-12-3-2-8-17-12/h12-13,17H,2-11H2,1H3,(H,16,21)(H,18,20). The van der Waals surface area contributed by atoms with Crippen molar-refractivity contribution in [2.75, 3.05) is 33.2 Å². The van der Waals surface area contributed by atoms with Gasteiger partial charge in [-0.15, -0.1) is 0 Å². The van der Waals surface area contributed by atoms with E-state index in [2.05, 4.69) is 20.9 Å². The summed E-state index contributed by atoms with van der Waals surface area (Å²) in [5.74, 6) is 0.231. The number of amides is 2. The maximum absolute atomic E-state index is 12.0. The topological polar surface area (TPSA) is 73.5 Å². The van der Waals surface area contributed by atoms with E-state index in [1.54, 1.807) is 7.05 Å². The van der Waals surface area contributed by atoms with Gasteiger partial charge in [-0.05, 0) is 38.6 Å². The lowest BCUT2D eigenvalue weighted by Crippen LogP contribution is -2.47. The van der Waals surface area contributed by atoms with Crippen LogP contribution in [0, 0.1) is 0 Å². The van der Waals surface area contributed by atoms with E-state index < -0.39 is 0 Å². The van der Waals surface area contributed by atoms with Crippen LogP contribution in [0.25, 0.3) is 0 Å². The quantitative estimate of drug-likeness (QED) is 0.637. The number of carbonyl (C=O) groups excluding carboxylic acids is 2. The molecule has 6 nitrogen and oxygen atoms in total. The number of likely N-dealkylation sites (N-methyl/N-ethyl adjacent to an activating group) is 1. The molecule has 0 saturated carbocycles. The fraction of sp³-hybridized carbons (Fsp3) is 0.867. The lowest BCUT2D eigenvalue weighted by molar-refractivity contribution is -0.124. The fourth-order valence-electron chi connectivity index (χ4n) is 3.13. The number of piperidine rings is 1. The van der Waals surface area contributed by atoms with Crippen LogP contribution in [0.5, 0.6) is 0 Å². The van der Waals surface area contributed by atoms with Crippen LogP contribution in [0.4, 0.5) is 0 Å². The average molecular weight is 296 g/mol. The summed E-state index contributed by atoms with van der Waals surface area (Å²) in [4.78, 5) is 25.4. The Bertz CT molecular complexity index is 348. The summed E-state index contributed by atoms with van der Waals surface area (Å²) < 4.78 is 0. The van der Waals surface area contributed by atoms with Crippen molar-refractivity contribution in [2.24, 2.45) is 0 Å². The number of nitrogens with zero attached hydrogens (tertiary/aromatic N) is 1. The van der Waals surface area contributed by atoms with Crippen LogP contribution >= 0.6 is 0 Å². The number of carbonyl (C=O) groups is 2. The normalized spacial score (nSPS) is 24.0. The molecule has 0 aromatic heterocycles. The zero-order valence-electron chi connectivity index (χ0n) is 13.0. The van der Waals surface area contributed by atoms with E-state index in [1.807, 2.05) is 0 Å². The molecule has 2 heterocycles. The fourth-order valence-corrected chi connectivity index (χ4v) is 3.13. The summed E-state index contributed by atoms with van der Waals surface area (Å²) in [6.45, 7) is 3.31. The molecule has 0 aromatic rings. The predicted octanol–water partition coefficient (Wildman–Crippen LogP) is -0.155. The maximum Gasteiger partial charge on any atom is 0.233 e. The Balaban J connectivity index is 1.59. The van der Waals surface area contributed by atoms with Gasteiger partial charge in [-0.2, -0.15) is 0 Å². The lowest BCUT2D eigenvalue weighted by Gasteiger charge is -2.31. The van der Waals surface area contributed by atoms with Crippen LogP contribution < -0.4 is 16.0 Å². The van der Waals surface area contributed by atoms with E-state index in [4.69, 9.17) is 0 Å². The van der Waals surface area contributed by atoms with E-state index in [0.717, 1.165) is 38.9 Å². The summed E-state index contributed by atoms with van der Waals surface area (Å²) >= 11 is 0. The van der Waals surface area contributed by atoms with Crippen molar-refractivity contribution in [3.63, 3.8) is 0 Å². The molecule has 0 aromatic carbocycles. The van der Waals surface area contributed by atoms with Crippen LogP contribution in [0.15, 0.2) is 0 Å². The van der Waals surface area contributed by atoms with Gasteiger partial charge in [0.1, 0.15) is 0 Å². The molecule has 2 amide bonds. The predicted molar refractivity (Wildman–Crippen MR) is 81.9 cm³/mol. The SMILES string of the molecule is CNC(=O)CN1CCC(NC(=O)CCC2CCCN2)CC1. The molecule has 120 valence electrons. The van der Waals surface area contributed by atoms with Gasteiger partial charge in [-0.3, -0.25) is 14.5 Å². The zero-order chi connectivity index (χ0) is 15.1. The van der Waals surface area contributed by atoms with Crippen LogP contribution in [0.2, 0.25) is 0 Å². The Kier molecular flexibility index (Phi) is 6.45. The molecule has 21 heavy (non-hydrogen) atoms. The molecule has 3 N–H and O–H groups in total. The minimum absolute atomic E-state index is 0.0570. The van der Waals surface area contributed by atoms with Gasteiger partial charge in [-0.25, -0.2) is 0 Å². The smallest absolute Gasteiger partial charge is 0.233 e. The first-order valence-corrected chi connectivity index (χ1v) is 8.13. The van der Waals surface area contributed by atoms with Crippen molar-refractivity contribution >= 4 is 11.8 Å². The van der Waals surface area contributed by atoms with Gasteiger partial charge >= 0.3 is 0 Å². The van der Waals surface area contributed by atoms with Crippen LogP contribution in [0.1, 0.15) is 38.5 Å². The maximum atomic E-state index is 12.0. The Labute approximate surface area is 127 Å². The molecule has 6 heteroatoms.